The molecular formula is C20H20N2O2. The maximum atomic E-state index is 12.3. The van der Waals surface area contributed by atoms with Gasteiger partial charge in [0.1, 0.15) is 5.75 Å². The highest BCUT2D eigenvalue weighted by Gasteiger charge is 2.12. The number of fused-ring (bicyclic) bond motifs is 1. The van der Waals surface area contributed by atoms with Crippen molar-refractivity contribution in [3.05, 3.63) is 65.6 Å². The number of nitrogens with zero attached hydrogens (tertiary/aromatic N) is 1. The number of aromatic nitrogens is 2. The van der Waals surface area contributed by atoms with Crippen LogP contribution in [0.1, 0.15) is 35.5 Å². The predicted molar refractivity (Wildman–Crippen MR) is 96.1 cm³/mol. The summed E-state index contributed by atoms with van der Waals surface area (Å²) in [6, 6.07) is 8.64. The van der Waals surface area contributed by atoms with Crippen LogP contribution in [0.5, 0.6) is 5.75 Å². The molecule has 0 atom stereocenters. The molecule has 0 saturated heterocycles. The molecule has 0 aliphatic carbocycles. The van der Waals surface area contributed by atoms with E-state index in [9.17, 15) is 9.90 Å². The average molecular weight is 320 g/mol. The fourth-order valence-corrected chi connectivity index (χ4v) is 2.79. The molecule has 0 aliphatic heterocycles. The number of nitrogens with one attached hydrogen (secondary N) is 1. The quantitative estimate of drug-likeness (QED) is 0.542. The molecule has 0 spiro atoms. The standard InChI is InChI=1S/C20H20N2O2/c1-13(2)11-19-16(17-12-15(23)3-5-18(17)22-19)4-6-20(24)14-7-9-21-10-8-14/h3-10,12-13,22-23H,11H2,1-2H3/b6-4+. The third-order valence-corrected chi connectivity index (χ3v) is 3.88. The third-order valence-electron chi connectivity index (χ3n) is 3.88. The minimum Gasteiger partial charge on any atom is -0.508 e. The Morgan fingerprint density at radius 3 is 2.71 bits per heavy atom. The molecule has 24 heavy (non-hydrogen) atoms. The van der Waals surface area contributed by atoms with E-state index in [1.54, 1.807) is 42.7 Å². The van der Waals surface area contributed by atoms with E-state index in [0.717, 1.165) is 28.6 Å². The van der Waals surface area contributed by atoms with E-state index < -0.39 is 0 Å². The van der Waals surface area contributed by atoms with Gasteiger partial charge in [-0.3, -0.25) is 9.78 Å². The maximum absolute atomic E-state index is 12.3. The van der Waals surface area contributed by atoms with Gasteiger partial charge in [-0.05, 0) is 54.8 Å². The molecule has 0 aliphatic rings. The van der Waals surface area contributed by atoms with Crippen molar-refractivity contribution in [3.63, 3.8) is 0 Å². The second-order valence-corrected chi connectivity index (χ2v) is 6.28. The molecule has 0 radical (unpaired) electrons. The number of aromatic amines is 1. The molecule has 3 aromatic rings. The molecule has 122 valence electrons. The second kappa shape index (κ2) is 6.71. The van der Waals surface area contributed by atoms with E-state index >= 15 is 0 Å². The number of phenolic OH excluding ortho intramolecular Hbond substituents is 1. The van der Waals surface area contributed by atoms with Gasteiger partial charge in [0, 0.05) is 40.1 Å². The van der Waals surface area contributed by atoms with Gasteiger partial charge >= 0.3 is 0 Å². The number of pyridine rings is 1. The zero-order valence-electron chi connectivity index (χ0n) is 13.8. The molecular weight excluding hydrogens is 300 g/mol. The van der Waals surface area contributed by atoms with Gasteiger partial charge in [-0.15, -0.1) is 0 Å². The first-order valence-corrected chi connectivity index (χ1v) is 8.00. The first-order chi connectivity index (χ1) is 11.5. The molecule has 3 rings (SSSR count). The SMILES string of the molecule is CC(C)Cc1[nH]c2ccc(O)cc2c1/C=C/C(=O)c1ccncc1. The van der Waals surface area contributed by atoms with Crippen molar-refractivity contribution < 1.29 is 9.90 Å². The summed E-state index contributed by atoms with van der Waals surface area (Å²) in [6.07, 6.45) is 7.49. The van der Waals surface area contributed by atoms with E-state index in [1.807, 2.05) is 12.1 Å². The smallest absolute Gasteiger partial charge is 0.185 e. The lowest BCUT2D eigenvalue weighted by atomic mass is 10.0. The van der Waals surface area contributed by atoms with Crippen molar-refractivity contribution >= 4 is 22.8 Å². The third kappa shape index (κ3) is 3.38. The first kappa shape index (κ1) is 16.0. The van der Waals surface area contributed by atoms with Crippen LogP contribution in [0.4, 0.5) is 0 Å². The number of H-pyrrole nitrogens is 1. The van der Waals surface area contributed by atoms with Crippen molar-refractivity contribution in [2.24, 2.45) is 5.92 Å². The van der Waals surface area contributed by atoms with Crippen molar-refractivity contribution in [2.75, 3.05) is 0 Å². The van der Waals surface area contributed by atoms with Crippen LogP contribution < -0.4 is 0 Å². The van der Waals surface area contributed by atoms with Crippen molar-refractivity contribution in [1.29, 1.82) is 0 Å². The van der Waals surface area contributed by atoms with E-state index in [-0.39, 0.29) is 11.5 Å². The van der Waals surface area contributed by atoms with Crippen LogP contribution in [0.2, 0.25) is 0 Å². The Kier molecular flexibility index (Phi) is 4.47. The lowest BCUT2D eigenvalue weighted by molar-refractivity contribution is 0.104. The molecule has 0 bridgehead atoms. The van der Waals surface area contributed by atoms with Crippen LogP contribution in [-0.4, -0.2) is 20.9 Å². The summed E-state index contributed by atoms with van der Waals surface area (Å²) in [6.45, 7) is 4.30. The number of allylic oxidation sites excluding steroid dienone is 1. The summed E-state index contributed by atoms with van der Waals surface area (Å²) in [4.78, 5) is 19.6. The fraction of sp³-hybridized carbons (Fsp3) is 0.200. The highest BCUT2D eigenvalue weighted by molar-refractivity contribution is 6.08. The lowest BCUT2D eigenvalue weighted by Gasteiger charge is -2.04. The minimum absolute atomic E-state index is 0.0672. The maximum Gasteiger partial charge on any atom is 0.185 e. The highest BCUT2D eigenvalue weighted by atomic mass is 16.3. The van der Waals surface area contributed by atoms with E-state index in [1.165, 1.54) is 0 Å². The van der Waals surface area contributed by atoms with Gasteiger partial charge in [0.05, 0.1) is 0 Å². The molecule has 2 heterocycles. The number of carbonyl (C=O) groups is 1. The molecule has 2 aromatic heterocycles. The first-order valence-electron chi connectivity index (χ1n) is 8.00. The van der Waals surface area contributed by atoms with Crippen LogP contribution in [0.15, 0.2) is 48.8 Å². The largest absolute Gasteiger partial charge is 0.508 e. The van der Waals surface area contributed by atoms with Gasteiger partial charge in [-0.1, -0.05) is 13.8 Å². The molecule has 1 aromatic carbocycles. The molecule has 4 heteroatoms. The number of carbonyl (C=O) groups excluding carboxylic acids is 1. The average Bonchev–Trinajstić information content (AvgIpc) is 2.89. The molecule has 0 saturated carbocycles. The fourth-order valence-electron chi connectivity index (χ4n) is 2.79. The molecule has 4 nitrogen and oxygen atoms in total. The summed E-state index contributed by atoms with van der Waals surface area (Å²) >= 11 is 0. The number of aromatic hydroxyl groups is 1. The van der Waals surface area contributed by atoms with Gasteiger partial charge in [0.25, 0.3) is 0 Å². The molecule has 0 fully saturated rings. The Balaban J connectivity index is 2.01. The number of ketones is 1. The Bertz CT molecular complexity index is 893. The second-order valence-electron chi connectivity index (χ2n) is 6.28. The summed E-state index contributed by atoms with van der Waals surface area (Å²) in [5, 5.41) is 10.7. The minimum atomic E-state index is -0.0672. The molecule has 0 amide bonds. The number of hydrogen-bond acceptors (Lipinski definition) is 3. The van der Waals surface area contributed by atoms with Crippen molar-refractivity contribution in [2.45, 2.75) is 20.3 Å². The van der Waals surface area contributed by atoms with Crippen molar-refractivity contribution in [1.82, 2.24) is 9.97 Å². The molecule has 2 N–H and O–H groups in total. The van der Waals surface area contributed by atoms with E-state index in [0.29, 0.717) is 11.5 Å². The van der Waals surface area contributed by atoms with E-state index in [2.05, 4.69) is 23.8 Å². The predicted octanol–water partition coefficient (Wildman–Crippen LogP) is 4.36. The Morgan fingerprint density at radius 1 is 1.25 bits per heavy atom. The lowest BCUT2D eigenvalue weighted by Crippen LogP contribution is -1.97. The van der Waals surface area contributed by atoms with Gasteiger partial charge in [-0.25, -0.2) is 0 Å². The van der Waals surface area contributed by atoms with Crippen LogP contribution in [-0.2, 0) is 6.42 Å². The number of hydrogen-bond donors (Lipinski definition) is 2. The summed E-state index contributed by atoms with van der Waals surface area (Å²) in [5.41, 5.74) is 3.59. The Labute approximate surface area is 140 Å². The highest BCUT2D eigenvalue weighted by Crippen LogP contribution is 2.28. The van der Waals surface area contributed by atoms with Crippen LogP contribution >= 0.6 is 0 Å². The number of phenols is 1. The normalized spacial score (nSPS) is 11.6. The van der Waals surface area contributed by atoms with Crippen LogP contribution in [0, 0.1) is 5.92 Å². The number of benzene rings is 1. The summed E-state index contributed by atoms with van der Waals surface area (Å²) < 4.78 is 0. The Hall–Kier alpha value is -2.88. The van der Waals surface area contributed by atoms with Crippen molar-refractivity contribution in [3.8, 4) is 5.75 Å². The summed E-state index contributed by atoms with van der Waals surface area (Å²) in [7, 11) is 0. The van der Waals surface area contributed by atoms with Gasteiger partial charge in [-0.2, -0.15) is 0 Å². The van der Waals surface area contributed by atoms with Crippen LogP contribution in [0.3, 0.4) is 0 Å². The topological polar surface area (TPSA) is 66.0 Å². The van der Waals surface area contributed by atoms with Gasteiger partial charge in [0.2, 0.25) is 0 Å². The zero-order chi connectivity index (χ0) is 17.1. The van der Waals surface area contributed by atoms with Crippen LogP contribution in [0.25, 0.3) is 17.0 Å². The monoisotopic (exact) mass is 320 g/mol. The van der Waals surface area contributed by atoms with Gasteiger partial charge < -0.3 is 10.1 Å². The molecule has 0 unspecified atom stereocenters. The zero-order valence-corrected chi connectivity index (χ0v) is 13.8. The van der Waals surface area contributed by atoms with Gasteiger partial charge in [0.15, 0.2) is 5.78 Å². The number of rotatable bonds is 5. The summed E-state index contributed by atoms with van der Waals surface area (Å²) in [5.74, 6) is 0.629. The van der Waals surface area contributed by atoms with E-state index in [4.69, 9.17) is 0 Å². The Morgan fingerprint density at radius 2 is 2.00 bits per heavy atom.